The van der Waals surface area contributed by atoms with E-state index in [9.17, 15) is 4.79 Å². The molecule has 1 aliphatic heterocycles. The predicted octanol–water partition coefficient (Wildman–Crippen LogP) is 1.51. The first-order chi connectivity index (χ1) is 6.81. The van der Waals surface area contributed by atoms with Crippen LogP contribution in [0.4, 0.5) is 5.69 Å². The first-order valence-electron chi connectivity index (χ1n) is 4.12. The zero-order chi connectivity index (χ0) is 9.97. The fraction of sp³-hybridized carbons (Fsp3) is 0.100. The molecule has 1 heterocycles. The molecular formula is C10H9NO3. The zero-order valence-corrected chi connectivity index (χ0v) is 7.61. The summed E-state index contributed by atoms with van der Waals surface area (Å²) >= 11 is 0. The van der Waals surface area contributed by atoms with Gasteiger partial charge in [-0.15, -0.1) is 0 Å². The molecule has 0 bridgehead atoms. The predicted molar refractivity (Wildman–Crippen MR) is 50.8 cm³/mol. The fourth-order valence-corrected chi connectivity index (χ4v) is 1.18. The van der Waals surface area contributed by atoms with E-state index < -0.39 is 5.97 Å². The van der Waals surface area contributed by atoms with Crippen LogP contribution in [0.15, 0.2) is 36.2 Å². The van der Waals surface area contributed by atoms with Gasteiger partial charge in [0.15, 0.2) is 5.70 Å². The van der Waals surface area contributed by atoms with Crippen LogP contribution in [0.25, 0.3) is 0 Å². The summed E-state index contributed by atoms with van der Waals surface area (Å²) in [5.74, 6) is 0.250. The average molecular weight is 191 g/mol. The van der Waals surface area contributed by atoms with Gasteiger partial charge in [-0.1, -0.05) is 12.1 Å². The van der Waals surface area contributed by atoms with E-state index in [1.54, 1.807) is 0 Å². The Morgan fingerprint density at radius 2 is 2.21 bits per heavy atom. The third-order valence-electron chi connectivity index (χ3n) is 1.87. The minimum atomic E-state index is -0.445. The average Bonchev–Trinajstić information content (AvgIpc) is 2.27. The molecule has 0 unspecified atom stereocenters. The van der Waals surface area contributed by atoms with Crippen LogP contribution < -0.4 is 10.1 Å². The molecule has 1 aromatic carbocycles. The van der Waals surface area contributed by atoms with Crippen LogP contribution in [-0.4, -0.2) is 13.1 Å². The second-order valence-electron chi connectivity index (χ2n) is 2.76. The van der Waals surface area contributed by atoms with Crippen molar-refractivity contribution in [3.05, 3.63) is 36.2 Å². The molecule has 0 spiro atoms. The van der Waals surface area contributed by atoms with Crippen LogP contribution in [0.3, 0.4) is 0 Å². The van der Waals surface area contributed by atoms with Gasteiger partial charge in [0, 0.05) is 0 Å². The lowest BCUT2D eigenvalue weighted by Gasteiger charge is -2.17. The summed E-state index contributed by atoms with van der Waals surface area (Å²) in [6, 6.07) is 7.35. The molecule has 0 saturated heterocycles. The van der Waals surface area contributed by atoms with E-state index in [4.69, 9.17) is 4.74 Å². The van der Waals surface area contributed by atoms with Crippen LogP contribution in [0.1, 0.15) is 0 Å². The minimum Gasteiger partial charge on any atom is -0.464 e. The number of hydrogen-bond acceptors (Lipinski definition) is 4. The van der Waals surface area contributed by atoms with Gasteiger partial charge in [0.05, 0.1) is 12.8 Å². The first kappa shape index (κ1) is 8.62. The third-order valence-corrected chi connectivity index (χ3v) is 1.87. The lowest BCUT2D eigenvalue weighted by Crippen LogP contribution is -2.17. The van der Waals surface area contributed by atoms with Crippen molar-refractivity contribution in [3.8, 4) is 5.75 Å². The highest BCUT2D eigenvalue weighted by Crippen LogP contribution is 2.28. The SMILES string of the molecule is COC(=O)C1=COc2ccccc2N1. The number of anilines is 1. The Bertz CT molecular complexity index is 398. The Hall–Kier alpha value is -1.97. The summed E-state index contributed by atoms with van der Waals surface area (Å²) in [6.45, 7) is 0. The normalized spacial score (nSPS) is 13.1. The van der Waals surface area contributed by atoms with Crippen molar-refractivity contribution in [1.29, 1.82) is 0 Å². The lowest BCUT2D eigenvalue weighted by atomic mass is 10.2. The Labute approximate surface area is 81.1 Å². The highest BCUT2D eigenvalue weighted by Gasteiger charge is 2.16. The molecule has 0 fully saturated rings. The van der Waals surface area contributed by atoms with E-state index in [0.29, 0.717) is 11.4 Å². The molecule has 0 amide bonds. The summed E-state index contributed by atoms with van der Waals surface area (Å²) < 4.78 is 9.79. The van der Waals surface area contributed by atoms with Crippen molar-refractivity contribution >= 4 is 11.7 Å². The molecule has 0 aromatic heterocycles. The number of carbonyl (C=O) groups is 1. The van der Waals surface area contributed by atoms with Gasteiger partial charge >= 0.3 is 5.97 Å². The lowest BCUT2D eigenvalue weighted by molar-refractivity contribution is -0.136. The number of benzene rings is 1. The second kappa shape index (κ2) is 3.41. The largest absolute Gasteiger partial charge is 0.464 e. The Kier molecular flexibility index (Phi) is 2.10. The molecule has 0 saturated carbocycles. The van der Waals surface area contributed by atoms with Gasteiger partial charge in [0.2, 0.25) is 0 Å². The molecule has 0 radical (unpaired) electrons. The van der Waals surface area contributed by atoms with Gasteiger partial charge < -0.3 is 14.8 Å². The molecule has 1 aliphatic rings. The van der Waals surface area contributed by atoms with Crippen molar-refractivity contribution in [2.45, 2.75) is 0 Å². The molecule has 72 valence electrons. The number of nitrogens with one attached hydrogen (secondary N) is 1. The Morgan fingerprint density at radius 1 is 1.43 bits per heavy atom. The van der Waals surface area contributed by atoms with E-state index in [0.717, 1.165) is 5.69 Å². The number of para-hydroxylation sites is 2. The maximum atomic E-state index is 11.1. The van der Waals surface area contributed by atoms with E-state index in [-0.39, 0.29) is 0 Å². The van der Waals surface area contributed by atoms with Gasteiger partial charge in [-0.25, -0.2) is 4.79 Å². The fourth-order valence-electron chi connectivity index (χ4n) is 1.18. The second-order valence-corrected chi connectivity index (χ2v) is 2.76. The zero-order valence-electron chi connectivity index (χ0n) is 7.61. The van der Waals surface area contributed by atoms with E-state index in [1.165, 1.54) is 13.4 Å². The van der Waals surface area contributed by atoms with Gasteiger partial charge in [-0.05, 0) is 12.1 Å². The molecule has 0 aliphatic carbocycles. The van der Waals surface area contributed by atoms with E-state index >= 15 is 0 Å². The van der Waals surface area contributed by atoms with Crippen molar-refractivity contribution in [2.24, 2.45) is 0 Å². The van der Waals surface area contributed by atoms with Crippen LogP contribution in [0.2, 0.25) is 0 Å². The summed E-state index contributed by atoms with van der Waals surface area (Å²) in [6.07, 6.45) is 1.34. The van der Waals surface area contributed by atoms with Crippen LogP contribution >= 0.6 is 0 Å². The maximum absolute atomic E-state index is 11.1. The highest BCUT2D eigenvalue weighted by atomic mass is 16.5. The molecule has 4 heteroatoms. The summed E-state index contributed by atoms with van der Waals surface area (Å²) in [7, 11) is 1.32. The molecular weight excluding hydrogens is 182 g/mol. The van der Waals surface area contributed by atoms with Crippen molar-refractivity contribution in [2.75, 3.05) is 12.4 Å². The minimum absolute atomic E-state index is 0.297. The summed E-state index contributed by atoms with van der Waals surface area (Å²) in [5.41, 5.74) is 1.06. The maximum Gasteiger partial charge on any atom is 0.357 e. The van der Waals surface area contributed by atoms with Gasteiger partial charge in [-0.2, -0.15) is 0 Å². The Morgan fingerprint density at radius 3 is 3.00 bits per heavy atom. The van der Waals surface area contributed by atoms with Crippen LogP contribution in [-0.2, 0) is 9.53 Å². The van der Waals surface area contributed by atoms with Gasteiger partial charge in [0.1, 0.15) is 12.0 Å². The Balaban J connectivity index is 2.25. The molecule has 14 heavy (non-hydrogen) atoms. The number of ether oxygens (including phenoxy) is 2. The monoisotopic (exact) mass is 191 g/mol. The van der Waals surface area contributed by atoms with Crippen molar-refractivity contribution < 1.29 is 14.3 Å². The summed E-state index contributed by atoms with van der Waals surface area (Å²) in [5, 5.41) is 2.91. The highest BCUT2D eigenvalue weighted by molar-refractivity contribution is 5.92. The van der Waals surface area contributed by atoms with E-state index in [2.05, 4.69) is 10.1 Å². The van der Waals surface area contributed by atoms with Gasteiger partial charge in [0.25, 0.3) is 0 Å². The quantitative estimate of drug-likeness (QED) is 0.683. The number of fused-ring (bicyclic) bond motifs is 1. The number of hydrogen-bond donors (Lipinski definition) is 1. The third kappa shape index (κ3) is 1.42. The van der Waals surface area contributed by atoms with Crippen molar-refractivity contribution in [3.63, 3.8) is 0 Å². The first-order valence-corrected chi connectivity index (χ1v) is 4.12. The molecule has 4 nitrogen and oxygen atoms in total. The number of esters is 1. The molecule has 1 aromatic rings. The van der Waals surface area contributed by atoms with Crippen molar-refractivity contribution in [1.82, 2.24) is 0 Å². The van der Waals surface area contributed by atoms with Crippen LogP contribution in [0.5, 0.6) is 5.75 Å². The standard InChI is InChI=1S/C10H9NO3/c1-13-10(12)8-6-14-9-5-3-2-4-7(9)11-8/h2-6,11H,1H3. The smallest absolute Gasteiger partial charge is 0.357 e. The molecule has 1 N–H and O–H groups in total. The molecule has 2 rings (SSSR count). The number of carbonyl (C=O) groups excluding carboxylic acids is 1. The van der Waals surface area contributed by atoms with Crippen LogP contribution in [0, 0.1) is 0 Å². The summed E-state index contributed by atoms with van der Waals surface area (Å²) in [4.78, 5) is 11.1. The topological polar surface area (TPSA) is 47.6 Å². The molecule has 0 atom stereocenters. The van der Waals surface area contributed by atoms with Gasteiger partial charge in [-0.3, -0.25) is 0 Å². The number of methoxy groups -OCH3 is 1. The number of rotatable bonds is 1. The van der Waals surface area contributed by atoms with E-state index in [1.807, 2.05) is 24.3 Å².